The Morgan fingerprint density at radius 2 is 2.17 bits per heavy atom. The van der Waals surface area contributed by atoms with Crippen molar-refractivity contribution in [1.82, 2.24) is 30.6 Å². The molecular weight excluding hydrogens is 368 g/mol. The Bertz CT molecular complexity index is 940. The highest BCUT2D eigenvalue weighted by Gasteiger charge is 2.17. The number of aryl methyl sites for hydroxylation is 1. The lowest BCUT2D eigenvalue weighted by Crippen LogP contribution is -2.32. The van der Waals surface area contributed by atoms with Gasteiger partial charge < -0.3 is 15.2 Å². The van der Waals surface area contributed by atoms with E-state index in [9.17, 15) is 4.79 Å². The largest absolute Gasteiger partial charge is 0.350 e. The van der Waals surface area contributed by atoms with Gasteiger partial charge in [-0.2, -0.15) is 10.1 Å². The number of piperidine rings is 1. The maximum absolute atomic E-state index is 12.4. The van der Waals surface area contributed by atoms with Crippen LogP contribution in [-0.2, 0) is 12.8 Å². The van der Waals surface area contributed by atoms with Crippen LogP contribution in [-0.4, -0.2) is 45.5 Å². The molecule has 1 fully saturated rings. The molecular formula is C21H26N6O2. The maximum atomic E-state index is 12.4. The summed E-state index contributed by atoms with van der Waals surface area (Å²) < 4.78 is 7.16. The van der Waals surface area contributed by atoms with E-state index in [1.807, 2.05) is 42.1 Å². The summed E-state index contributed by atoms with van der Waals surface area (Å²) in [6.45, 7) is 4.50. The van der Waals surface area contributed by atoms with Crippen molar-refractivity contribution in [2.75, 3.05) is 19.6 Å². The molecule has 1 saturated heterocycles. The first-order valence-electron chi connectivity index (χ1n) is 10.2. The van der Waals surface area contributed by atoms with E-state index >= 15 is 0 Å². The molecule has 1 atom stereocenters. The van der Waals surface area contributed by atoms with Crippen LogP contribution in [0.15, 0.2) is 41.1 Å². The molecule has 3 heterocycles. The van der Waals surface area contributed by atoms with Crippen molar-refractivity contribution >= 4 is 5.91 Å². The number of rotatable bonds is 7. The first-order chi connectivity index (χ1) is 14.2. The molecule has 1 aliphatic heterocycles. The molecule has 152 valence electrons. The second-order valence-corrected chi connectivity index (χ2v) is 7.25. The van der Waals surface area contributed by atoms with E-state index in [-0.39, 0.29) is 5.91 Å². The van der Waals surface area contributed by atoms with E-state index in [1.54, 1.807) is 6.07 Å². The van der Waals surface area contributed by atoms with E-state index in [2.05, 4.69) is 25.9 Å². The fourth-order valence-electron chi connectivity index (χ4n) is 3.46. The van der Waals surface area contributed by atoms with Gasteiger partial charge in [-0.05, 0) is 49.6 Å². The summed E-state index contributed by atoms with van der Waals surface area (Å²) in [5.74, 6) is 1.10. The minimum atomic E-state index is -0.137. The lowest BCUT2D eigenvalue weighted by molar-refractivity contribution is 0.0947. The number of nitrogens with one attached hydrogen (secondary N) is 2. The summed E-state index contributed by atoms with van der Waals surface area (Å²) in [4.78, 5) is 16.7. The van der Waals surface area contributed by atoms with Gasteiger partial charge in [-0.15, -0.1) is 0 Å². The van der Waals surface area contributed by atoms with Gasteiger partial charge in [0.25, 0.3) is 11.8 Å². The smallest absolute Gasteiger partial charge is 0.271 e. The van der Waals surface area contributed by atoms with Gasteiger partial charge >= 0.3 is 0 Å². The van der Waals surface area contributed by atoms with Gasteiger partial charge in [0, 0.05) is 31.3 Å². The highest BCUT2D eigenvalue weighted by molar-refractivity contribution is 5.92. The molecule has 2 N–H and O–H groups in total. The zero-order valence-corrected chi connectivity index (χ0v) is 16.6. The first kappa shape index (κ1) is 19.3. The van der Waals surface area contributed by atoms with Crippen molar-refractivity contribution in [3.63, 3.8) is 0 Å². The average Bonchev–Trinajstić information content (AvgIpc) is 3.45. The van der Waals surface area contributed by atoms with E-state index in [1.165, 1.54) is 0 Å². The Kier molecular flexibility index (Phi) is 6.00. The zero-order chi connectivity index (χ0) is 20.1. The number of benzene rings is 1. The number of aromatic nitrogens is 4. The summed E-state index contributed by atoms with van der Waals surface area (Å²) in [6, 6.07) is 10.1. The van der Waals surface area contributed by atoms with Gasteiger partial charge in [0.2, 0.25) is 0 Å². The molecule has 1 amide bonds. The molecule has 0 bridgehead atoms. The third-order valence-corrected chi connectivity index (χ3v) is 5.17. The van der Waals surface area contributed by atoms with Crippen LogP contribution in [0.5, 0.6) is 0 Å². The lowest BCUT2D eigenvalue weighted by atomic mass is 10.1. The first-order valence-corrected chi connectivity index (χ1v) is 10.2. The quantitative estimate of drug-likeness (QED) is 0.639. The molecule has 8 nitrogen and oxygen atoms in total. The normalized spacial score (nSPS) is 16.7. The predicted octanol–water partition coefficient (Wildman–Crippen LogP) is 2.39. The Labute approximate surface area is 169 Å². The summed E-state index contributed by atoms with van der Waals surface area (Å²) in [5.41, 5.74) is 2.49. The summed E-state index contributed by atoms with van der Waals surface area (Å²) in [7, 11) is 0. The monoisotopic (exact) mass is 394 g/mol. The summed E-state index contributed by atoms with van der Waals surface area (Å²) >= 11 is 0. The SMILES string of the molecule is CCc1noc(-c2ccc(CCNC(=O)c3ccn(C4CCCNC4)n3)cc2)n1. The number of hydrogen-bond acceptors (Lipinski definition) is 6. The fourth-order valence-corrected chi connectivity index (χ4v) is 3.46. The molecule has 1 aromatic carbocycles. The molecule has 0 spiro atoms. The minimum absolute atomic E-state index is 0.137. The third kappa shape index (κ3) is 4.71. The number of carbonyl (C=O) groups is 1. The standard InChI is InChI=1S/C21H26N6O2/c1-2-19-24-21(29-26-19)16-7-5-15(6-8-16)9-12-23-20(28)18-10-13-27(25-18)17-4-3-11-22-14-17/h5-8,10,13,17,22H,2-4,9,11-12,14H2,1H3,(H,23,28). The molecule has 29 heavy (non-hydrogen) atoms. The van der Waals surface area contributed by atoms with Gasteiger partial charge in [-0.3, -0.25) is 9.48 Å². The second-order valence-electron chi connectivity index (χ2n) is 7.25. The molecule has 1 unspecified atom stereocenters. The summed E-state index contributed by atoms with van der Waals surface area (Å²) in [6.07, 6.45) is 5.61. The molecule has 0 radical (unpaired) electrons. The number of carbonyl (C=O) groups excluding carboxylic acids is 1. The Morgan fingerprint density at radius 1 is 1.31 bits per heavy atom. The molecule has 8 heteroatoms. The highest BCUT2D eigenvalue weighted by atomic mass is 16.5. The number of nitrogens with zero attached hydrogens (tertiary/aromatic N) is 4. The molecule has 3 aromatic rings. The number of amides is 1. The maximum Gasteiger partial charge on any atom is 0.271 e. The number of hydrogen-bond donors (Lipinski definition) is 2. The van der Waals surface area contributed by atoms with Crippen LogP contribution in [0.2, 0.25) is 0 Å². The molecule has 4 rings (SSSR count). The summed E-state index contributed by atoms with van der Waals surface area (Å²) in [5, 5.41) is 14.7. The van der Waals surface area contributed by atoms with Crippen LogP contribution >= 0.6 is 0 Å². The van der Waals surface area contributed by atoms with Crippen molar-refractivity contribution < 1.29 is 9.32 Å². The van der Waals surface area contributed by atoms with Gasteiger partial charge in [0.15, 0.2) is 5.82 Å². The van der Waals surface area contributed by atoms with Crippen molar-refractivity contribution in [3.05, 3.63) is 53.6 Å². The van der Waals surface area contributed by atoms with Crippen molar-refractivity contribution in [1.29, 1.82) is 0 Å². The lowest BCUT2D eigenvalue weighted by Gasteiger charge is -2.22. The van der Waals surface area contributed by atoms with E-state index in [4.69, 9.17) is 4.52 Å². The topological polar surface area (TPSA) is 97.9 Å². The van der Waals surface area contributed by atoms with E-state index in [0.29, 0.717) is 30.0 Å². The third-order valence-electron chi connectivity index (χ3n) is 5.17. The Balaban J connectivity index is 1.27. The Morgan fingerprint density at radius 3 is 2.90 bits per heavy atom. The average molecular weight is 394 g/mol. The van der Waals surface area contributed by atoms with Crippen LogP contribution in [0.1, 0.15) is 47.7 Å². The van der Waals surface area contributed by atoms with Gasteiger partial charge in [-0.1, -0.05) is 24.2 Å². The van der Waals surface area contributed by atoms with Crippen LogP contribution in [0.4, 0.5) is 0 Å². The molecule has 2 aromatic heterocycles. The van der Waals surface area contributed by atoms with Crippen molar-refractivity contribution in [2.45, 2.75) is 38.6 Å². The van der Waals surface area contributed by atoms with E-state index < -0.39 is 0 Å². The fraction of sp³-hybridized carbons (Fsp3) is 0.429. The molecule has 0 saturated carbocycles. The minimum Gasteiger partial charge on any atom is -0.350 e. The zero-order valence-electron chi connectivity index (χ0n) is 16.6. The van der Waals surface area contributed by atoms with Crippen molar-refractivity contribution in [3.8, 4) is 11.5 Å². The molecule has 0 aliphatic carbocycles. The van der Waals surface area contributed by atoms with Crippen LogP contribution in [0.3, 0.4) is 0 Å². The second kappa shape index (κ2) is 9.00. The van der Waals surface area contributed by atoms with Crippen LogP contribution in [0, 0.1) is 0 Å². The van der Waals surface area contributed by atoms with Gasteiger partial charge in [0.1, 0.15) is 5.69 Å². The van der Waals surface area contributed by atoms with Crippen LogP contribution < -0.4 is 10.6 Å². The highest BCUT2D eigenvalue weighted by Crippen LogP contribution is 2.18. The predicted molar refractivity (Wildman–Crippen MR) is 109 cm³/mol. The van der Waals surface area contributed by atoms with Gasteiger partial charge in [-0.25, -0.2) is 0 Å². The van der Waals surface area contributed by atoms with E-state index in [0.717, 1.165) is 49.9 Å². The van der Waals surface area contributed by atoms with Crippen molar-refractivity contribution in [2.24, 2.45) is 0 Å². The van der Waals surface area contributed by atoms with Gasteiger partial charge in [0.05, 0.1) is 6.04 Å². The van der Waals surface area contributed by atoms with Crippen LogP contribution in [0.25, 0.3) is 11.5 Å². The molecule has 1 aliphatic rings. The Hall–Kier alpha value is -3.00.